The molecule has 0 amide bonds. The van der Waals surface area contributed by atoms with Gasteiger partial charge < -0.3 is 14.4 Å². The van der Waals surface area contributed by atoms with Crippen LogP contribution in [0.15, 0.2) is 28.8 Å². The van der Waals surface area contributed by atoms with Crippen LogP contribution in [0.25, 0.3) is 0 Å². The second-order valence-corrected chi connectivity index (χ2v) is 6.30. The zero-order valence-corrected chi connectivity index (χ0v) is 13.7. The molecule has 0 saturated heterocycles. The van der Waals surface area contributed by atoms with Crippen LogP contribution in [-0.4, -0.2) is 39.8 Å². The Morgan fingerprint density at radius 3 is 2.83 bits per heavy atom. The fourth-order valence-electron chi connectivity index (χ4n) is 3.02. The van der Waals surface area contributed by atoms with Crippen LogP contribution in [0.2, 0.25) is 0 Å². The number of aliphatic hydroxyl groups excluding tert-OH is 1. The minimum absolute atomic E-state index is 0.167. The molecule has 3 rings (SSSR count). The first-order valence-corrected chi connectivity index (χ1v) is 8.16. The van der Waals surface area contributed by atoms with Crippen LogP contribution in [0.4, 0.5) is 4.39 Å². The molecule has 130 valence electrons. The summed E-state index contributed by atoms with van der Waals surface area (Å²) in [6, 6.07) is 5.78. The van der Waals surface area contributed by atoms with Crippen molar-refractivity contribution in [2.75, 3.05) is 13.6 Å². The third-order valence-electron chi connectivity index (χ3n) is 4.26. The van der Waals surface area contributed by atoms with Crippen LogP contribution in [0.1, 0.15) is 31.0 Å². The van der Waals surface area contributed by atoms with Gasteiger partial charge in [0.15, 0.2) is 6.61 Å². The molecule has 0 bridgehead atoms. The number of rotatable bonds is 7. The quantitative estimate of drug-likeness (QED) is 0.838. The van der Waals surface area contributed by atoms with E-state index >= 15 is 0 Å². The lowest BCUT2D eigenvalue weighted by Crippen LogP contribution is -2.29. The van der Waals surface area contributed by atoms with Gasteiger partial charge in [0, 0.05) is 6.54 Å². The normalized spacial score (nSPS) is 20.7. The summed E-state index contributed by atoms with van der Waals surface area (Å²) in [6.07, 6.45) is 2.84. The standard InChI is InChI=1S/C17H22FN3O3/c1-21(9-12-3-2-4-15(12)22)10-17-19-16(20-24-17)11-23-14-7-5-13(18)6-8-14/h5-8,12,15,22H,2-4,9-11H2,1H3. The molecule has 2 unspecified atom stereocenters. The van der Waals surface area contributed by atoms with E-state index in [9.17, 15) is 9.50 Å². The lowest BCUT2D eigenvalue weighted by molar-refractivity contribution is 0.104. The molecule has 1 fully saturated rings. The molecule has 1 N–H and O–H groups in total. The fourth-order valence-corrected chi connectivity index (χ4v) is 3.02. The van der Waals surface area contributed by atoms with E-state index < -0.39 is 0 Å². The van der Waals surface area contributed by atoms with E-state index in [-0.39, 0.29) is 18.5 Å². The molecule has 0 radical (unpaired) electrons. The van der Waals surface area contributed by atoms with E-state index in [1.807, 2.05) is 7.05 Å². The van der Waals surface area contributed by atoms with Crippen molar-refractivity contribution in [3.63, 3.8) is 0 Å². The van der Waals surface area contributed by atoms with Gasteiger partial charge in [0.05, 0.1) is 12.6 Å². The highest BCUT2D eigenvalue weighted by atomic mass is 19.1. The summed E-state index contributed by atoms with van der Waals surface area (Å²) in [4.78, 5) is 6.38. The van der Waals surface area contributed by atoms with E-state index in [2.05, 4.69) is 15.0 Å². The Kier molecular flexibility index (Phi) is 5.42. The Balaban J connectivity index is 1.47. The van der Waals surface area contributed by atoms with Gasteiger partial charge in [-0.25, -0.2) is 4.39 Å². The van der Waals surface area contributed by atoms with Gasteiger partial charge in [-0.2, -0.15) is 4.98 Å². The van der Waals surface area contributed by atoms with Crippen molar-refractivity contribution in [1.29, 1.82) is 0 Å². The largest absolute Gasteiger partial charge is 0.485 e. The molecule has 2 atom stereocenters. The van der Waals surface area contributed by atoms with Gasteiger partial charge in [0.1, 0.15) is 11.6 Å². The third-order valence-corrected chi connectivity index (χ3v) is 4.26. The van der Waals surface area contributed by atoms with E-state index in [1.54, 1.807) is 12.1 Å². The molecule has 1 saturated carbocycles. The summed E-state index contributed by atoms with van der Waals surface area (Å²) >= 11 is 0. The summed E-state index contributed by atoms with van der Waals surface area (Å²) in [5, 5.41) is 13.8. The Labute approximate surface area is 140 Å². The van der Waals surface area contributed by atoms with Crippen molar-refractivity contribution in [2.24, 2.45) is 5.92 Å². The molecule has 1 aliphatic rings. The Hall–Kier alpha value is -1.99. The van der Waals surface area contributed by atoms with Gasteiger partial charge >= 0.3 is 0 Å². The molecule has 24 heavy (non-hydrogen) atoms. The molecule has 2 aromatic rings. The van der Waals surface area contributed by atoms with Crippen molar-refractivity contribution in [3.05, 3.63) is 41.8 Å². The predicted molar refractivity (Wildman–Crippen MR) is 84.7 cm³/mol. The highest BCUT2D eigenvalue weighted by Gasteiger charge is 2.26. The first kappa shape index (κ1) is 16.9. The van der Waals surface area contributed by atoms with Gasteiger partial charge in [-0.15, -0.1) is 0 Å². The number of benzene rings is 1. The summed E-state index contributed by atoms with van der Waals surface area (Å²) in [6.45, 7) is 1.51. The molecular weight excluding hydrogens is 313 g/mol. The SMILES string of the molecule is CN(Cc1nc(COc2ccc(F)cc2)no1)CC1CCCC1O. The van der Waals surface area contributed by atoms with E-state index in [1.165, 1.54) is 12.1 Å². The van der Waals surface area contributed by atoms with Crippen LogP contribution in [-0.2, 0) is 13.2 Å². The minimum Gasteiger partial charge on any atom is -0.485 e. The summed E-state index contributed by atoms with van der Waals surface area (Å²) in [5.74, 6) is 1.53. The average Bonchev–Trinajstić information content (AvgIpc) is 3.16. The smallest absolute Gasteiger partial charge is 0.240 e. The molecule has 1 aromatic carbocycles. The summed E-state index contributed by atoms with van der Waals surface area (Å²) in [7, 11) is 1.98. The summed E-state index contributed by atoms with van der Waals surface area (Å²) in [5.41, 5.74) is 0. The molecule has 1 aromatic heterocycles. The van der Waals surface area contributed by atoms with Crippen molar-refractivity contribution < 1.29 is 18.8 Å². The van der Waals surface area contributed by atoms with Crippen LogP contribution >= 0.6 is 0 Å². The van der Waals surface area contributed by atoms with Gasteiger partial charge in [-0.3, -0.25) is 4.90 Å². The number of nitrogens with zero attached hydrogens (tertiary/aromatic N) is 3. The minimum atomic E-state index is -0.306. The average molecular weight is 335 g/mol. The molecule has 0 aliphatic heterocycles. The maximum absolute atomic E-state index is 12.8. The lowest BCUT2D eigenvalue weighted by atomic mass is 10.1. The molecular formula is C17H22FN3O3. The Bertz CT molecular complexity index is 647. The third kappa shape index (κ3) is 4.52. The number of hydrogen-bond donors (Lipinski definition) is 1. The number of ether oxygens (including phenoxy) is 1. The number of aromatic nitrogens is 2. The monoisotopic (exact) mass is 335 g/mol. The van der Waals surface area contributed by atoms with E-state index in [0.29, 0.717) is 29.9 Å². The highest BCUT2D eigenvalue weighted by molar-refractivity contribution is 5.22. The van der Waals surface area contributed by atoms with Gasteiger partial charge in [-0.1, -0.05) is 11.6 Å². The lowest BCUT2D eigenvalue weighted by Gasteiger charge is -2.21. The molecule has 0 spiro atoms. The predicted octanol–water partition coefficient (Wildman–Crippen LogP) is 2.38. The van der Waals surface area contributed by atoms with Crippen LogP contribution in [0.3, 0.4) is 0 Å². The molecule has 1 aliphatic carbocycles. The van der Waals surface area contributed by atoms with Crippen molar-refractivity contribution in [1.82, 2.24) is 15.0 Å². The van der Waals surface area contributed by atoms with Gasteiger partial charge in [-0.05, 0) is 50.1 Å². The number of aliphatic hydroxyl groups is 1. The fraction of sp³-hybridized carbons (Fsp3) is 0.529. The zero-order chi connectivity index (χ0) is 16.9. The molecule has 7 heteroatoms. The second-order valence-electron chi connectivity index (χ2n) is 6.30. The maximum atomic E-state index is 12.8. The maximum Gasteiger partial charge on any atom is 0.240 e. The van der Waals surface area contributed by atoms with Crippen molar-refractivity contribution in [3.8, 4) is 5.75 Å². The zero-order valence-electron chi connectivity index (χ0n) is 13.7. The van der Waals surface area contributed by atoms with Crippen LogP contribution in [0.5, 0.6) is 5.75 Å². The van der Waals surface area contributed by atoms with Crippen molar-refractivity contribution >= 4 is 0 Å². The number of halogens is 1. The Morgan fingerprint density at radius 1 is 1.33 bits per heavy atom. The highest BCUT2D eigenvalue weighted by Crippen LogP contribution is 2.26. The van der Waals surface area contributed by atoms with E-state index in [0.717, 1.165) is 25.8 Å². The first-order chi connectivity index (χ1) is 11.6. The van der Waals surface area contributed by atoms with Crippen LogP contribution < -0.4 is 4.74 Å². The molecule has 1 heterocycles. The second kappa shape index (κ2) is 7.72. The Morgan fingerprint density at radius 2 is 2.12 bits per heavy atom. The van der Waals surface area contributed by atoms with Crippen molar-refractivity contribution in [2.45, 2.75) is 38.5 Å². The molecule has 6 nitrogen and oxygen atoms in total. The topological polar surface area (TPSA) is 71.6 Å². The van der Waals surface area contributed by atoms with Gasteiger partial charge in [0.25, 0.3) is 0 Å². The van der Waals surface area contributed by atoms with Gasteiger partial charge in [0.2, 0.25) is 11.7 Å². The van der Waals surface area contributed by atoms with E-state index in [4.69, 9.17) is 9.26 Å². The van der Waals surface area contributed by atoms with Crippen LogP contribution in [0, 0.1) is 11.7 Å². The first-order valence-electron chi connectivity index (χ1n) is 8.16. The summed E-state index contributed by atoms with van der Waals surface area (Å²) < 4.78 is 23.5. The number of hydrogen-bond acceptors (Lipinski definition) is 6.